The zero-order valence-corrected chi connectivity index (χ0v) is 12.5. The Kier molecular flexibility index (Phi) is 5.24. The maximum atomic E-state index is 11.7. The van der Waals surface area contributed by atoms with Gasteiger partial charge in [0.15, 0.2) is 5.79 Å². The molecule has 1 aliphatic heterocycles. The normalized spacial score (nSPS) is 16.6. The molecule has 0 radical (unpaired) electrons. The summed E-state index contributed by atoms with van der Waals surface area (Å²) in [7, 11) is 1.32. The average Bonchev–Trinajstić information content (AvgIpc) is 2.93. The lowest BCUT2D eigenvalue weighted by atomic mass is 10.1. The molecule has 1 aromatic rings. The maximum absolute atomic E-state index is 11.7. The van der Waals surface area contributed by atoms with Gasteiger partial charge in [-0.3, -0.25) is 4.79 Å². The van der Waals surface area contributed by atoms with Gasteiger partial charge < -0.3 is 14.2 Å². The molecule has 1 aromatic carbocycles. The first-order chi connectivity index (χ1) is 10.5. The lowest BCUT2D eigenvalue weighted by Crippen LogP contribution is -2.33. The highest BCUT2D eigenvalue weighted by Gasteiger charge is 2.33. The van der Waals surface area contributed by atoms with Crippen molar-refractivity contribution < 1.29 is 23.8 Å². The minimum absolute atomic E-state index is 0.0750. The van der Waals surface area contributed by atoms with Gasteiger partial charge in [-0.2, -0.15) is 5.10 Å². The Morgan fingerprint density at radius 1 is 1.32 bits per heavy atom. The second-order valence-corrected chi connectivity index (χ2v) is 4.91. The number of hydrogen-bond acceptors (Lipinski definition) is 6. The van der Waals surface area contributed by atoms with E-state index < -0.39 is 11.8 Å². The van der Waals surface area contributed by atoms with Crippen LogP contribution in [0.5, 0.6) is 0 Å². The number of rotatable bonds is 5. The highest BCUT2D eigenvalue weighted by atomic mass is 16.7. The number of hydrogen-bond donors (Lipinski definition) is 1. The fourth-order valence-electron chi connectivity index (χ4n) is 1.99. The molecule has 0 aromatic heterocycles. The molecule has 1 aliphatic rings. The minimum Gasteiger partial charge on any atom is -0.465 e. The predicted octanol–water partition coefficient (Wildman–Crippen LogP) is 1.08. The van der Waals surface area contributed by atoms with E-state index in [1.807, 2.05) is 0 Å². The average molecular weight is 306 g/mol. The lowest BCUT2D eigenvalue weighted by molar-refractivity contribution is -0.159. The van der Waals surface area contributed by atoms with E-state index in [0.29, 0.717) is 18.8 Å². The number of benzene rings is 1. The van der Waals surface area contributed by atoms with Gasteiger partial charge in [0, 0.05) is 0 Å². The number of esters is 1. The third-order valence-electron chi connectivity index (χ3n) is 3.11. The summed E-state index contributed by atoms with van der Waals surface area (Å²) in [4.78, 5) is 23.0. The lowest BCUT2D eigenvalue weighted by Gasteiger charge is -2.20. The second kappa shape index (κ2) is 7.15. The van der Waals surface area contributed by atoms with Crippen molar-refractivity contribution in [1.29, 1.82) is 0 Å². The van der Waals surface area contributed by atoms with E-state index in [1.165, 1.54) is 13.3 Å². The molecule has 22 heavy (non-hydrogen) atoms. The van der Waals surface area contributed by atoms with Gasteiger partial charge in [-0.1, -0.05) is 12.1 Å². The Morgan fingerprint density at radius 2 is 1.95 bits per heavy atom. The number of ether oxygens (including phenoxy) is 3. The van der Waals surface area contributed by atoms with Gasteiger partial charge in [0.05, 0.1) is 38.5 Å². The first-order valence-electron chi connectivity index (χ1n) is 6.81. The van der Waals surface area contributed by atoms with Crippen molar-refractivity contribution in [3.8, 4) is 0 Å². The van der Waals surface area contributed by atoms with Crippen LogP contribution in [-0.2, 0) is 19.0 Å². The highest BCUT2D eigenvalue weighted by molar-refractivity contribution is 5.90. The second-order valence-electron chi connectivity index (χ2n) is 4.91. The monoisotopic (exact) mass is 306 g/mol. The molecule has 0 saturated carbocycles. The van der Waals surface area contributed by atoms with Gasteiger partial charge in [0.2, 0.25) is 5.91 Å². The van der Waals surface area contributed by atoms with Crippen LogP contribution in [0, 0.1) is 0 Å². The van der Waals surface area contributed by atoms with Crippen LogP contribution >= 0.6 is 0 Å². The van der Waals surface area contributed by atoms with Crippen LogP contribution in [0.3, 0.4) is 0 Å². The molecule has 0 aliphatic carbocycles. The number of nitrogens with zero attached hydrogens (tertiary/aromatic N) is 1. The van der Waals surface area contributed by atoms with Crippen molar-refractivity contribution in [2.24, 2.45) is 5.10 Å². The number of nitrogens with one attached hydrogen (secondary N) is 1. The summed E-state index contributed by atoms with van der Waals surface area (Å²) in [6.07, 6.45) is 1.56. The molecule has 0 unspecified atom stereocenters. The van der Waals surface area contributed by atoms with Crippen LogP contribution < -0.4 is 5.43 Å². The molecule has 0 atom stereocenters. The number of carbonyl (C=O) groups is 2. The quantitative estimate of drug-likeness (QED) is 0.500. The minimum atomic E-state index is -0.873. The van der Waals surface area contributed by atoms with Crippen LogP contribution in [0.1, 0.15) is 29.3 Å². The Hall–Kier alpha value is -2.25. The van der Waals surface area contributed by atoms with E-state index in [-0.39, 0.29) is 12.3 Å². The summed E-state index contributed by atoms with van der Waals surface area (Å²) in [6, 6.07) is 6.64. The van der Waals surface area contributed by atoms with Crippen LogP contribution in [0.2, 0.25) is 0 Å². The van der Waals surface area contributed by atoms with Crippen LogP contribution in [0.15, 0.2) is 29.4 Å². The van der Waals surface area contributed by atoms with Gasteiger partial charge in [0.1, 0.15) is 0 Å². The van der Waals surface area contributed by atoms with E-state index in [2.05, 4.69) is 15.3 Å². The molecular formula is C15H18N2O5. The number of methoxy groups -OCH3 is 1. The molecular weight excluding hydrogens is 288 g/mol. The molecule has 1 fully saturated rings. The standard InChI is InChI=1S/C15H18N2O5/c1-15(21-7-8-22-15)9-13(18)17-16-10-11-3-5-12(6-4-11)14(19)20-2/h3-6,10H,7-9H2,1-2H3,(H,17,18). The van der Waals surface area contributed by atoms with Gasteiger partial charge in [-0.05, 0) is 24.6 Å². The SMILES string of the molecule is COC(=O)c1ccc(C=NNC(=O)CC2(C)OCCO2)cc1. The van der Waals surface area contributed by atoms with Crippen molar-refractivity contribution in [3.63, 3.8) is 0 Å². The fraction of sp³-hybridized carbons (Fsp3) is 0.400. The topological polar surface area (TPSA) is 86.2 Å². The van der Waals surface area contributed by atoms with E-state index in [0.717, 1.165) is 5.56 Å². The molecule has 1 saturated heterocycles. The Balaban J connectivity index is 1.84. The molecule has 118 valence electrons. The largest absolute Gasteiger partial charge is 0.465 e. The molecule has 2 rings (SSSR count). The summed E-state index contributed by atoms with van der Waals surface area (Å²) in [5, 5.41) is 3.86. The molecule has 7 nitrogen and oxygen atoms in total. The van der Waals surface area contributed by atoms with Crippen molar-refractivity contribution in [3.05, 3.63) is 35.4 Å². The van der Waals surface area contributed by atoms with Crippen LogP contribution in [-0.4, -0.2) is 44.2 Å². The summed E-state index contributed by atoms with van der Waals surface area (Å²) in [5.41, 5.74) is 3.60. The van der Waals surface area contributed by atoms with Crippen LogP contribution in [0.25, 0.3) is 0 Å². The van der Waals surface area contributed by atoms with Crippen molar-refractivity contribution in [1.82, 2.24) is 5.43 Å². The van der Waals surface area contributed by atoms with E-state index in [1.54, 1.807) is 31.2 Å². The van der Waals surface area contributed by atoms with Crippen molar-refractivity contribution in [2.75, 3.05) is 20.3 Å². The molecule has 1 amide bonds. The third-order valence-corrected chi connectivity index (χ3v) is 3.11. The molecule has 0 spiro atoms. The van der Waals surface area contributed by atoms with E-state index in [9.17, 15) is 9.59 Å². The van der Waals surface area contributed by atoms with Crippen molar-refractivity contribution >= 4 is 18.1 Å². The summed E-state index contributed by atoms with van der Waals surface area (Å²) >= 11 is 0. The molecule has 1 heterocycles. The summed E-state index contributed by atoms with van der Waals surface area (Å²) in [6.45, 7) is 2.69. The zero-order valence-electron chi connectivity index (χ0n) is 12.5. The van der Waals surface area contributed by atoms with E-state index in [4.69, 9.17) is 9.47 Å². The van der Waals surface area contributed by atoms with Gasteiger partial charge in [-0.25, -0.2) is 10.2 Å². The third kappa shape index (κ3) is 4.37. The maximum Gasteiger partial charge on any atom is 0.337 e. The summed E-state index contributed by atoms with van der Waals surface area (Å²) < 4.78 is 15.3. The Labute approximate surface area is 128 Å². The van der Waals surface area contributed by atoms with Crippen LogP contribution in [0.4, 0.5) is 0 Å². The first-order valence-corrected chi connectivity index (χ1v) is 6.81. The predicted molar refractivity (Wildman–Crippen MR) is 78.4 cm³/mol. The number of carbonyl (C=O) groups excluding carboxylic acids is 2. The molecule has 7 heteroatoms. The molecule has 1 N–H and O–H groups in total. The van der Waals surface area contributed by atoms with Gasteiger partial charge >= 0.3 is 5.97 Å². The number of amides is 1. The summed E-state index contributed by atoms with van der Waals surface area (Å²) in [5.74, 6) is -1.57. The smallest absolute Gasteiger partial charge is 0.337 e. The van der Waals surface area contributed by atoms with Gasteiger partial charge in [-0.15, -0.1) is 0 Å². The van der Waals surface area contributed by atoms with E-state index >= 15 is 0 Å². The number of hydrazone groups is 1. The zero-order chi connectivity index (χ0) is 16.0. The fourth-order valence-corrected chi connectivity index (χ4v) is 1.99. The van der Waals surface area contributed by atoms with Gasteiger partial charge in [0.25, 0.3) is 0 Å². The Morgan fingerprint density at radius 3 is 2.55 bits per heavy atom. The highest BCUT2D eigenvalue weighted by Crippen LogP contribution is 2.22. The Bertz CT molecular complexity index is 562. The first kappa shape index (κ1) is 16.1. The molecule has 0 bridgehead atoms. The van der Waals surface area contributed by atoms with Crippen molar-refractivity contribution in [2.45, 2.75) is 19.1 Å².